The van der Waals surface area contributed by atoms with Gasteiger partial charge < -0.3 is 10.6 Å². The quantitative estimate of drug-likeness (QED) is 0.456. The van der Waals surface area contributed by atoms with Crippen molar-refractivity contribution in [2.45, 2.75) is 37.9 Å². The van der Waals surface area contributed by atoms with Crippen LogP contribution in [0.2, 0.25) is 0 Å². The molecule has 0 radical (unpaired) electrons. The van der Waals surface area contributed by atoms with Crippen LogP contribution in [0.1, 0.15) is 29.8 Å². The number of carbonyl (C=O) groups is 2. The number of carbonyl (C=O) groups excluding carboxylic acids is 2. The van der Waals surface area contributed by atoms with Gasteiger partial charge in [-0.2, -0.15) is 5.10 Å². The Bertz CT molecular complexity index is 1170. The van der Waals surface area contributed by atoms with Crippen LogP contribution in [-0.2, 0) is 27.9 Å². The Hall–Kier alpha value is -3.50. The van der Waals surface area contributed by atoms with Crippen LogP contribution in [0.4, 0.5) is 5.69 Å². The minimum Gasteiger partial charge on any atom is -0.348 e. The number of hydrogen-bond acceptors (Lipinski definition) is 5. The second-order valence-corrected chi connectivity index (χ2v) is 9.15. The van der Waals surface area contributed by atoms with E-state index >= 15 is 0 Å². The molecule has 0 aliphatic heterocycles. The van der Waals surface area contributed by atoms with Crippen LogP contribution in [0, 0.1) is 0 Å². The molecule has 32 heavy (non-hydrogen) atoms. The lowest BCUT2D eigenvalue weighted by Crippen LogP contribution is -2.30. The fraction of sp³-hybridized carbons (Fsp3) is 0.227. The van der Waals surface area contributed by atoms with Crippen LogP contribution < -0.4 is 15.4 Å². The maximum Gasteiger partial charge on any atom is 0.251 e. The molecule has 1 aromatic heterocycles. The van der Waals surface area contributed by atoms with E-state index in [4.69, 9.17) is 0 Å². The lowest BCUT2D eigenvalue weighted by molar-refractivity contribution is -0.116. The van der Waals surface area contributed by atoms with Crippen molar-refractivity contribution in [2.24, 2.45) is 0 Å². The van der Waals surface area contributed by atoms with E-state index in [0.717, 1.165) is 5.56 Å². The first kappa shape index (κ1) is 23.2. The number of aromatic nitrogens is 2. The Kier molecular flexibility index (Phi) is 7.39. The minimum atomic E-state index is -3.61. The van der Waals surface area contributed by atoms with Crippen LogP contribution in [0.15, 0.2) is 71.9 Å². The van der Waals surface area contributed by atoms with Crippen molar-refractivity contribution in [3.8, 4) is 0 Å². The zero-order chi connectivity index (χ0) is 23.1. The van der Waals surface area contributed by atoms with Crippen molar-refractivity contribution < 1.29 is 18.0 Å². The fourth-order valence-electron chi connectivity index (χ4n) is 2.95. The summed E-state index contributed by atoms with van der Waals surface area (Å²) in [4.78, 5) is 24.7. The van der Waals surface area contributed by atoms with Gasteiger partial charge in [0.25, 0.3) is 5.91 Å². The molecule has 9 nitrogen and oxygen atoms in total. The molecule has 3 rings (SSSR count). The Labute approximate surface area is 186 Å². The van der Waals surface area contributed by atoms with E-state index in [1.807, 2.05) is 6.07 Å². The maximum absolute atomic E-state index is 12.4. The summed E-state index contributed by atoms with van der Waals surface area (Å²) in [5.74, 6) is -0.546. The first-order chi connectivity index (χ1) is 15.2. The molecule has 0 saturated heterocycles. The first-order valence-electron chi connectivity index (χ1n) is 10.00. The number of nitrogens with one attached hydrogen (secondary N) is 3. The smallest absolute Gasteiger partial charge is 0.251 e. The SMILES string of the molecule is CC(C)NS(=O)(=O)c1ccc(C(=O)NCc2cccc(NC(=O)Cn3cccn3)c2)cc1. The summed E-state index contributed by atoms with van der Waals surface area (Å²) >= 11 is 0. The third-order valence-electron chi connectivity index (χ3n) is 4.35. The second-order valence-electron chi connectivity index (χ2n) is 7.44. The van der Waals surface area contributed by atoms with Crippen LogP contribution >= 0.6 is 0 Å². The Balaban J connectivity index is 1.56. The third kappa shape index (κ3) is 6.50. The molecule has 0 bridgehead atoms. The Morgan fingerprint density at radius 3 is 2.47 bits per heavy atom. The molecular weight excluding hydrogens is 430 g/mol. The van der Waals surface area contributed by atoms with Gasteiger partial charge in [0.2, 0.25) is 15.9 Å². The average molecular weight is 456 g/mol. The molecule has 0 aliphatic carbocycles. The molecule has 0 atom stereocenters. The van der Waals surface area contributed by atoms with E-state index in [1.165, 1.54) is 28.9 Å². The van der Waals surface area contributed by atoms with Gasteiger partial charge >= 0.3 is 0 Å². The van der Waals surface area contributed by atoms with Gasteiger partial charge in [-0.05, 0) is 61.9 Å². The highest BCUT2D eigenvalue weighted by Gasteiger charge is 2.16. The standard InChI is InChI=1S/C22H25N5O4S/c1-16(2)26-32(30,31)20-9-7-18(8-10-20)22(29)23-14-17-5-3-6-19(13-17)25-21(28)15-27-12-4-11-24-27/h3-13,16,26H,14-15H2,1-2H3,(H,23,29)(H,25,28). The molecule has 10 heteroatoms. The van der Waals surface area contributed by atoms with Crippen molar-refractivity contribution >= 4 is 27.5 Å². The van der Waals surface area contributed by atoms with E-state index in [2.05, 4.69) is 20.5 Å². The summed E-state index contributed by atoms with van der Waals surface area (Å²) in [6.45, 7) is 3.82. The van der Waals surface area contributed by atoms with Crippen LogP contribution in [-0.4, -0.2) is 36.1 Å². The first-order valence-corrected chi connectivity index (χ1v) is 11.5. The topological polar surface area (TPSA) is 122 Å². The maximum atomic E-state index is 12.4. The summed E-state index contributed by atoms with van der Waals surface area (Å²) < 4.78 is 28.4. The molecule has 2 aromatic carbocycles. The summed E-state index contributed by atoms with van der Waals surface area (Å²) in [7, 11) is -3.61. The summed E-state index contributed by atoms with van der Waals surface area (Å²) in [5, 5.41) is 9.59. The molecule has 1 heterocycles. The summed E-state index contributed by atoms with van der Waals surface area (Å²) in [5.41, 5.74) is 1.76. The van der Waals surface area contributed by atoms with Gasteiger partial charge in [-0.1, -0.05) is 12.1 Å². The molecule has 0 saturated carbocycles. The number of rotatable bonds is 9. The summed E-state index contributed by atoms with van der Waals surface area (Å²) in [6, 6.07) is 14.4. The predicted octanol–water partition coefficient (Wildman–Crippen LogP) is 2.14. The molecular formula is C22H25N5O4S. The number of benzene rings is 2. The molecule has 0 unspecified atom stereocenters. The monoisotopic (exact) mass is 455 g/mol. The molecule has 0 spiro atoms. The van der Waals surface area contributed by atoms with Crippen LogP contribution in [0.5, 0.6) is 0 Å². The van der Waals surface area contributed by atoms with Crippen molar-refractivity contribution in [3.05, 3.63) is 78.1 Å². The van der Waals surface area contributed by atoms with E-state index in [-0.39, 0.29) is 35.8 Å². The molecule has 168 valence electrons. The van der Waals surface area contributed by atoms with Gasteiger partial charge in [0.05, 0.1) is 4.90 Å². The number of anilines is 1. The van der Waals surface area contributed by atoms with Gasteiger partial charge in [0.1, 0.15) is 6.54 Å². The van der Waals surface area contributed by atoms with Crippen molar-refractivity contribution in [2.75, 3.05) is 5.32 Å². The normalized spacial score (nSPS) is 11.3. The van der Waals surface area contributed by atoms with E-state index < -0.39 is 10.0 Å². The molecule has 3 N–H and O–H groups in total. The largest absolute Gasteiger partial charge is 0.348 e. The lowest BCUT2D eigenvalue weighted by atomic mass is 10.1. The van der Waals surface area contributed by atoms with Gasteiger partial charge in [-0.25, -0.2) is 13.1 Å². The van der Waals surface area contributed by atoms with E-state index in [9.17, 15) is 18.0 Å². The Morgan fingerprint density at radius 1 is 1.06 bits per heavy atom. The third-order valence-corrected chi connectivity index (χ3v) is 6.02. The zero-order valence-corrected chi connectivity index (χ0v) is 18.6. The molecule has 0 aliphatic rings. The van der Waals surface area contributed by atoms with Crippen molar-refractivity contribution in [1.82, 2.24) is 19.8 Å². The zero-order valence-electron chi connectivity index (χ0n) is 17.8. The van der Waals surface area contributed by atoms with Gasteiger partial charge in [-0.15, -0.1) is 0 Å². The van der Waals surface area contributed by atoms with E-state index in [1.54, 1.807) is 50.5 Å². The minimum absolute atomic E-state index is 0.0984. The van der Waals surface area contributed by atoms with Gasteiger partial charge in [-0.3, -0.25) is 14.3 Å². The van der Waals surface area contributed by atoms with Crippen LogP contribution in [0.3, 0.4) is 0 Å². The van der Waals surface area contributed by atoms with Crippen LogP contribution in [0.25, 0.3) is 0 Å². The average Bonchev–Trinajstić information content (AvgIpc) is 3.24. The lowest BCUT2D eigenvalue weighted by Gasteiger charge is -2.11. The van der Waals surface area contributed by atoms with Crippen molar-refractivity contribution in [1.29, 1.82) is 0 Å². The predicted molar refractivity (Wildman–Crippen MR) is 120 cm³/mol. The second kappa shape index (κ2) is 10.2. The Morgan fingerprint density at radius 2 is 1.81 bits per heavy atom. The molecule has 3 aromatic rings. The highest BCUT2D eigenvalue weighted by molar-refractivity contribution is 7.89. The summed E-state index contributed by atoms with van der Waals surface area (Å²) in [6.07, 6.45) is 3.31. The highest BCUT2D eigenvalue weighted by atomic mass is 32.2. The number of amides is 2. The molecule has 0 fully saturated rings. The fourth-order valence-corrected chi connectivity index (χ4v) is 4.20. The molecule has 2 amide bonds. The van der Waals surface area contributed by atoms with Crippen molar-refractivity contribution in [3.63, 3.8) is 0 Å². The van der Waals surface area contributed by atoms with Gasteiger partial charge in [0.15, 0.2) is 0 Å². The number of hydrogen-bond donors (Lipinski definition) is 3. The highest BCUT2D eigenvalue weighted by Crippen LogP contribution is 2.13. The number of nitrogens with zero attached hydrogens (tertiary/aromatic N) is 2. The van der Waals surface area contributed by atoms with E-state index in [0.29, 0.717) is 11.3 Å². The van der Waals surface area contributed by atoms with Gasteiger partial charge in [0, 0.05) is 36.2 Å². The number of sulfonamides is 1.